The first-order chi connectivity index (χ1) is 5.18. The quantitative estimate of drug-likeness (QED) is 0.325. The van der Waals surface area contributed by atoms with E-state index in [0.717, 1.165) is 12.3 Å². The minimum atomic E-state index is 0.352. The maximum absolute atomic E-state index is 5.86. The molecule has 0 aromatic heterocycles. The van der Waals surface area contributed by atoms with Crippen molar-refractivity contribution in [3.63, 3.8) is 0 Å². The zero-order valence-corrected chi connectivity index (χ0v) is 8.45. The first-order valence-corrected chi connectivity index (χ1v) is 4.89. The molecule has 0 aliphatic rings. The van der Waals surface area contributed by atoms with Gasteiger partial charge in [-0.05, 0) is 31.1 Å². The topological polar surface area (TPSA) is 0 Å². The van der Waals surface area contributed by atoms with Crippen LogP contribution in [-0.4, -0.2) is 5.88 Å². The summed E-state index contributed by atoms with van der Waals surface area (Å²) in [4.78, 5) is 0. The number of unbranched alkanes of at least 4 members (excludes halogenated alkanes) is 1. The van der Waals surface area contributed by atoms with Crippen molar-refractivity contribution in [1.82, 2.24) is 0 Å². The van der Waals surface area contributed by atoms with E-state index >= 15 is 0 Å². The van der Waals surface area contributed by atoms with Crippen molar-refractivity contribution in [2.24, 2.45) is 5.41 Å². The highest BCUT2D eigenvalue weighted by atomic mass is 35.5. The average molecular weight is 175 g/mol. The molecule has 1 heteroatoms. The van der Waals surface area contributed by atoms with Gasteiger partial charge in [-0.1, -0.05) is 19.9 Å². The van der Waals surface area contributed by atoms with E-state index in [1.54, 1.807) is 0 Å². The number of rotatable bonds is 6. The van der Waals surface area contributed by atoms with Crippen molar-refractivity contribution in [3.05, 3.63) is 12.7 Å². The van der Waals surface area contributed by atoms with Gasteiger partial charge in [0.05, 0.1) is 0 Å². The summed E-state index contributed by atoms with van der Waals surface area (Å²) in [6.45, 7) is 8.16. The fourth-order valence-electron chi connectivity index (χ4n) is 1.01. The van der Waals surface area contributed by atoms with Crippen LogP contribution in [0.1, 0.15) is 39.5 Å². The van der Waals surface area contributed by atoms with Gasteiger partial charge in [0, 0.05) is 5.88 Å². The maximum atomic E-state index is 5.86. The fraction of sp³-hybridized carbons (Fsp3) is 0.800. The largest absolute Gasteiger partial charge is 0.126 e. The Morgan fingerprint density at radius 3 is 2.55 bits per heavy atom. The molecule has 0 radical (unpaired) electrons. The highest BCUT2D eigenvalue weighted by Gasteiger charge is 2.19. The van der Waals surface area contributed by atoms with Gasteiger partial charge in [0.25, 0.3) is 0 Å². The summed E-state index contributed by atoms with van der Waals surface area (Å²) in [5, 5.41) is 0. The smallest absolute Gasteiger partial charge is 0.0277 e. The molecular weight excluding hydrogens is 156 g/mol. The fourth-order valence-corrected chi connectivity index (χ4v) is 1.33. The monoisotopic (exact) mass is 174 g/mol. The Kier molecular flexibility index (Phi) is 5.67. The minimum absolute atomic E-state index is 0.352. The SMILES string of the molecule is C=CCCCC(C)(CC)CCl. The van der Waals surface area contributed by atoms with Crippen molar-refractivity contribution < 1.29 is 0 Å². The molecular formula is C10H19Cl. The summed E-state index contributed by atoms with van der Waals surface area (Å²) in [7, 11) is 0. The van der Waals surface area contributed by atoms with Crippen molar-refractivity contribution in [2.45, 2.75) is 39.5 Å². The molecule has 0 heterocycles. The third-order valence-corrected chi connectivity index (χ3v) is 3.01. The number of hydrogen-bond donors (Lipinski definition) is 0. The molecule has 0 aromatic carbocycles. The van der Waals surface area contributed by atoms with E-state index in [4.69, 9.17) is 11.6 Å². The standard InChI is InChI=1S/C10H19Cl/c1-4-6-7-8-10(3,5-2)9-11/h4H,1,5-9H2,2-3H3. The summed E-state index contributed by atoms with van der Waals surface area (Å²) in [5.41, 5.74) is 0.352. The van der Waals surface area contributed by atoms with Crippen LogP contribution in [0.3, 0.4) is 0 Å². The molecule has 0 fully saturated rings. The summed E-state index contributed by atoms with van der Waals surface area (Å²) < 4.78 is 0. The van der Waals surface area contributed by atoms with Crippen LogP contribution in [-0.2, 0) is 0 Å². The molecule has 0 bridgehead atoms. The highest BCUT2D eigenvalue weighted by Crippen LogP contribution is 2.29. The lowest BCUT2D eigenvalue weighted by Gasteiger charge is -2.24. The van der Waals surface area contributed by atoms with Crippen LogP contribution in [0, 0.1) is 5.41 Å². The Hall–Kier alpha value is 0.0300. The molecule has 66 valence electrons. The van der Waals surface area contributed by atoms with Gasteiger partial charge in [0.1, 0.15) is 0 Å². The molecule has 0 aromatic rings. The third kappa shape index (κ3) is 4.47. The maximum Gasteiger partial charge on any atom is 0.0277 e. The van der Waals surface area contributed by atoms with Gasteiger partial charge < -0.3 is 0 Å². The Labute approximate surface area is 75.6 Å². The Morgan fingerprint density at radius 1 is 1.55 bits per heavy atom. The molecule has 0 aliphatic heterocycles. The predicted octanol–water partition coefficient (Wildman–Crippen LogP) is 4.00. The van der Waals surface area contributed by atoms with Crippen molar-refractivity contribution in [2.75, 3.05) is 5.88 Å². The van der Waals surface area contributed by atoms with Crippen LogP contribution in [0.25, 0.3) is 0 Å². The number of halogens is 1. The molecule has 1 unspecified atom stereocenters. The second-order valence-electron chi connectivity index (χ2n) is 3.48. The van der Waals surface area contributed by atoms with Gasteiger partial charge in [-0.2, -0.15) is 0 Å². The second kappa shape index (κ2) is 5.65. The van der Waals surface area contributed by atoms with Gasteiger partial charge >= 0.3 is 0 Å². The molecule has 0 spiro atoms. The van der Waals surface area contributed by atoms with E-state index in [9.17, 15) is 0 Å². The first-order valence-electron chi connectivity index (χ1n) is 4.35. The Morgan fingerprint density at radius 2 is 2.18 bits per heavy atom. The number of hydrogen-bond acceptors (Lipinski definition) is 0. The Balaban J connectivity index is 3.59. The predicted molar refractivity (Wildman–Crippen MR) is 53.2 cm³/mol. The average Bonchev–Trinajstić information content (AvgIpc) is 2.05. The molecule has 0 rings (SSSR count). The van der Waals surface area contributed by atoms with Crippen LogP contribution < -0.4 is 0 Å². The van der Waals surface area contributed by atoms with Gasteiger partial charge in [0.2, 0.25) is 0 Å². The summed E-state index contributed by atoms with van der Waals surface area (Å²) in [6.07, 6.45) is 6.71. The molecule has 0 saturated heterocycles. The Bertz CT molecular complexity index is 103. The molecule has 0 amide bonds. The summed E-state index contributed by atoms with van der Waals surface area (Å²) in [6, 6.07) is 0. The van der Waals surface area contributed by atoms with Crippen LogP contribution in [0.5, 0.6) is 0 Å². The van der Waals surface area contributed by atoms with E-state index in [-0.39, 0.29) is 0 Å². The molecule has 11 heavy (non-hydrogen) atoms. The lowest BCUT2D eigenvalue weighted by atomic mass is 9.84. The summed E-state index contributed by atoms with van der Waals surface area (Å²) >= 11 is 5.86. The molecule has 0 nitrogen and oxygen atoms in total. The minimum Gasteiger partial charge on any atom is -0.126 e. The number of alkyl halides is 1. The van der Waals surface area contributed by atoms with Crippen molar-refractivity contribution >= 4 is 11.6 Å². The normalized spacial score (nSPS) is 15.9. The zero-order chi connectivity index (χ0) is 8.74. The lowest BCUT2D eigenvalue weighted by Crippen LogP contribution is -2.16. The van der Waals surface area contributed by atoms with Gasteiger partial charge in [-0.15, -0.1) is 18.2 Å². The van der Waals surface area contributed by atoms with Gasteiger partial charge in [0.15, 0.2) is 0 Å². The first kappa shape index (κ1) is 11.0. The van der Waals surface area contributed by atoms with Crippen LogP contribution in [0.15, 0.2) is 12.7 Å². The van der Waals surface area contributed by atoms with Gasteiger partial charge in [-0.3, -0.25) is 0 Å². The second-order valence-corrected chi connectivity index (χ2v) is 3.75. The van der Waals surface area contributed by atoms with E-state index < -0.39 is 0 Å². The van der Waals surface area contributed by atoms with E-state index in [1.807, 2.05) is 6.08 Å². The van der Waals surface area contributed by atoms with E-state index in [2.05, 4.69) is 20.4 Å². The molecule has 0 aliphatic carbocycles. The molecule has 0 saturated carbocycles. The van der Waals surface area contributed by atoms with E-state index in [1.165, 1.54) is 19.3 Å². The van der Waals surface area contributed by atoms with Crippen molar-refractivity contribution in [3.8, 4) is 0 Å². The van der Waals surface area contributed by atoms with Crippen LogP contribution in [0.2, 0.25) is 0 Å². The third-order valence-electron chi connectivity index (χ3n) is 2.36. The van der Waals surface area contributed by atoms with Crippen molar-refractivity contribution in [1.29, 1.82) is 0 Å². The molecule has 0 N–H and O–H groups in total. The van der Waals surface area contributed by atoms with Crippen LogP contribution >= 0.6 is 11.6 Å². The zero-order valence-electron chi connectivity index (χ0n) is 7.70. The summed E-state index contributed by atoms with van der Waals surface area (Å²) in [5.74, 6) is 0.778. The highest BCUT2D eigenvalue weighted by molar-refractivity contribution is 6.18. The van der Waals surface area contributed by atoms with E-state index in [0.29, 0.717) is 5.41 Å². The van der Waals surface area contributed by atoms with Crippen LogP contribution in [0.4, 0.5) is 0 Å². The lowest BCUT2D eigenvalue weighted by molar-refractivity contribution is 0.320. The van der Waals surface area contributed by atoms with Gasteiger partial charge in [-0.25, -0.2) is 0 Å². The number of allylic oxidation sites excluding steroid dienone is 1. The molecule has 1 atom stereocenters.